The van der Waals surface area contributed by atoms with Crippen LogP contribution in [-0.2, 0) is 0 Å². The van der Waals surface area contributed by atoms with E-state index in [-0.39, 0.29) is 11.1 Å². The molecular weight excluding hydrogens is 258 g/mol. The van der Waals surface area contributed by atoms with Crippen LogP contribution in [0.4, 0.5) is 10.7 Å². The first-order valence-electron chi connectivity index (χ1n) is 5.66. The number of aromatic nitrogens is 1. The summed E-state index contributed by atoms with van der Waals surface area (Å²) in [7, 11) is 0. The maximum absolute atomic E-state index is 11.4. The molecule has 5 heteroatoms. The van der Waals surface area contributed by atoms with Crippen LogP contribution in [0.2, 0.25) is 0 Å². The van der Waals surface area contributed by atoms with Crippen LogP contribution in [0.1, 0.15) is 5.56 Å². The lowest BCUT2D eigenvalue weighted by Crippen LogP contribution is -2.02. The molecule has 0 radical (unpaired) electrons. The highest BCUT2D eigenvalue weighted by Gasteiger charge is 2.10. The van der Waals surface area contributed by atoms with Gasteiger partial charge in [0.15, 0.2) is 5.56 Å². The Labute approximate surface area is 113 Å². The molecule has 2 N–H and O–H groups in total. The highest BCUT2D eigenvalue weighted by molar-refractivity contribution is 7.10. The minimum Gasteiger partial charge on any atom is -0.344 e. The van der Waals surface area contributed by atoms with Crippen LogP contribution in [0.5, 0.6) is 0 Å². The maximum atomic E-state index is 11.4. The van der Waals surface area contributed by atoms with Gasteiger partial charge >= 0.3 is 0 Å². The summed E-state index contributed by atoms with van der Waals surface area (Å²) in [6.07, 6.45) is 0. The summed E-state index contributed by atoms with van der Waals surface area (Å²) in [5.74, 6) is 0. The van der Waals surface area contributed by atoms with E-state index in [1.54, 1.807) is 0 Å². The fraction of sp³-hybridized carbons (Fsp3) is 0. The summed E-state index contributed by atoms with van der Waals surface area (Å²) in [6.45, 7) is 0. The molecule has 0 atom stereocenters. The summed E-state index contributed by atoms with van der Waals surface area (Å²) in [5.41, 5.74) is 0.651. The summed E-state index contributed by atoms with van der Waals surface area (Å²) >= 11 is 1.13. The number of nitriles is 1. The van der Waals surface area contributed by atoms with Crippen LogP contribution >= 0.6 is 11.5 Å². The summed E-state index contributed by atoms with van der Waals surface area (Å²) < 4.78 is 2.56. The standard InChI is InChI=1S/C14H9N3OS/c15-8-11-13(18)17-19-14(11)16-12-7-3-5-9-4-1-2-6-10(9)12/h1-7,16H,(H,17,18). The number of hydrogen-bond donors (Lipinski definition) is 2. The smallest absolute Gasteiger partial charge is 0.278 e. The first-order chi connectivity index (χ1) is 9.29. The maximum Gasteiger partial charge on any atom is 0.278 e. The fourth-order valence-electron chi connectivity index (χ4n) is 1.95. The summed E-state index contributed by atoms with van der Waals surface area (Å²) in [6, 6.07) is 15.7. The molecule has 0 aliphatic carbocycles. The van der Waals surface area contributed by atoms with Crippen molar-refractivity contribution < 1.29 is 0 Å². The fourth-order valence-corrected chi connectivity index (χ4v) is 2.65. The van der Waals surface area contributed by atoms with E-state index in [1.807, 2.05) is 48.5 Å². The average molecular weight is 267 g/mol. The largest absolute Gasteiger partial charge is 0.344 e. The number of hydrogen-bond acceptors (Lipinski definition) is 4. The van der Waals surface area contributed by atoms with Gasteiger partial charge in [-0.1, -0.05) is 36.4 Å². The van der Waals surface area contributed by atoms with E-state index < -0.39 is 0 Å². The Morgan fingerprint density at radius 2 is 1.95 bits per heavy atom. The van der Waals surface area contributed by atoms with Gasteiger partial charge in [0.2, 0.25) is 0 Å². The van der Waals surface area contributed by atoms with Crippen molar-refractivity contribution in [3.05, 3.63) is 58.4 Å². The SMILES string of the molecule is N#Cc1c(Nc2cccc3ccccc23)s[nH]c1=O. The van der Waals surface area contributed by atoms with Gasteiger partial charge in [-0.05, 0) is 23.0 Å². The van der Waals surface area contributed by atoms with Crippen molar-refractivity contribution in [1.82, 2.24) is 4.37 Å². The van der Waals surface area contributed by atoms with Crippen LogP contribution in [0.15, 0.2) is 47.3 Å². The van der Waals surface area contributed by atoms with Gasteiger partial charge in [0.25, 0.3) is 5.56 Å². The molecule has 0 spiro atoms. The molecule has 1 aromatic heterocycles. The summed E-state index contributed by atoms with van der Waals surface area (Å²) in [4.78, 5) is 11.4. The van der Waals surface area contributed by atoms with Crippen LogP contribution in [0.3, 0.4) is 0 Å². The number of H-pyrrole nitrogens is 1. The minimum absolute atomic E-state index is 0.123. The first kappa shape index (κ1) is 11.5. The number of nitrogens with one attached hydrogen (secondary N) is 2. The van der Waals surface area contributed by atoms with E-state index in [4.69, 9.17) is 5.26 Å². The quantitative estimate of drug-likeness (QED) is 0.749. The molecule has 0 saturated carbocycles. The van der Waals surface area contributed by atoms with Gasteiger partial charge < -0.3 is 5.32 Å². The Kier molecular flexibility index (Phi) is 2.78. The van der Waals surface area contributed by atoms with Gasteiger partial charge in [-0.25, -0.2) is 0 Å². The monoisotopic (exact) mass is 267 g/mol. The Bertz CT molecular complexity index is 836. The molecular formula is C14H9N3OS. The minimum atomic E-state index is -0.352. The number of rotatable bonds is 2. The van der Waals surface area contributed by atoms with Gasteiger partial charge in [0.1, 0.15) is 11.1 Å². The molecule has 0 fully saturated rings. The van der Waals surface area contributed by atoms with Crippen molar-refractivity contribution in [1.29, 1.82) is 5.26 Å². The topological polar surface area (TPSA) is 68.7 Å². The molecule has 0 amide bonds. The van der Waals surface area contributed by atoms with Crippen molar-refractivity contribution in [3.63, 3.8) is 0 Å². The van der Waals surface area contributed by atoms with E-state index >= 15 is 0 Å². The second-order valence-electron chi connectivity index (χ2n) is 4.00. The lowest BCUT2D eigenvalue weighted by atomic mass is 10.1. The van der Waals surface area contributed by atoms with E-state index in [1.165, 1.54) is 0 Å². The van der Waals surface area contributed by atoms with Gasteiger partial charge in [0, 0.05) is 11.1 Å². The number of fused-ring (bicyclic) bond motifs is 1. The van der Waals surface area contributed by atoms with Crippen molar-refractivity contribution in [2.24, 2.45) is 0 Å². The van der Waals surface area contributed by atoms with Gasteiger partial charge in [-0.15, -0.1) is 0 Å². The highest BCUT2D eigenvalue weighted by atomic mass is 32.1. The van der Waals surface area contributed by atoms with Crippen LogP contribution < -0.4 is 10.9 Å². The zero-order valence-electron chi connectivity index (χ0n) is 9.81. The highest BCUT2D eigenvalue weighted by Crippen LogP contribution is 2.28. The molecule has 3 aromatic rings. The Hall–Kier alpha value is -2.58. The summed E-state index contributed by atoms with van der Waals surface area (Å²) in [5, 5.41) is 14.8. The number of nitrogens with zero attached hydrogens (tertiary/aromatic N) is 1. The molecule has 2 aromatic carbocycles. The third-order valence-corrected chi connectivity index (χ3v) is 3.65. The molecule has 0 bridgehead atoms. The Balaban J connectivity index is 2.11. The number of benzene rings is 2. The van der Waals surface area contributed by atoms with Gasteiger partial charge in [0.05, 0.1) is 0 Å². The molecule has 3 rings (SSSR count). The Morgan fingerprint density at radius 3 is 2.79 bits per heavy atom. The van der Waals surface area contributed by atoms with Gasteiger partial charge in [-0.2, -0.15) is 5.26 Å². The predicted octanol–water partition coefficient (Wildman–Crippen LogP) is 3.20. The third-order valence-electron chi connectivity index (χ3n) is 2.85. The molecule has 0 saturated heterocycles. The second kappa shape index (κ2) is 4.59. The van der Waals surface area contributed by atoms with Gasteiger partial charge in [-0.3, -0.25) is 9.17 Å². The van der Waals surface area contributed by atoms with Crippen LogP contribution in [-0.4, -0.2) is 4.37 Å². The second-order valence-corrected chi connectivity index (χ2v) is 4.82. The Morgan fingerprint density at radius 1 is 1.16 bits per heavy atom. The third kappa shape index (κ3) is 1.98. The van der Waals surface area contributed by atoms with Crippen molar-refractivity contribution in [2.75, 3.05) is 5.32 Å². The normalized spacial score (nSPS) is 10.3. The van der Waals surface area contributed by atoms with E-state index in [9.17, 15) is 4.79 Å². The van der Waals surface area contributed by atoms with Crippen molar-refractivity contribution in [3.8, 4) is 6.07 Å². The molecule has 1 heterocycles. The molecule has 0 aliphatic heterocycles. The van der Waals surface area contributed by atoms with Crippen LogP contribution in [0.25, 0.3) is 10.8 Å². The average Bonchev–Trinajstić information content (AvgIpc) is 2.79. The number of aromatic amines is 1. The molecule has 19 heavy (non-hydrogen) atoms. The molecule has 0 unspecified atom stereocenters. The van der Waals surface area contributed by atoms with Crippen LogP contribution in [0, 0.1) is 11.3 Å². The molecule has 92 valence electrons. The molecule has 4 nitrogen and oxygen atoms in total. The predicted molar refractivity (Wildman–Crippen MR) is 76.9 cm³/mol. The van der Waals surface area contributed by atoms with E-state index in [2.05, 4.69) is 9.69 Å². The lowest BCUT2D eigenvalue weighted by Gasteiger charge is -2.07. The molecule has 0 aliphatic rings. The first-order valence-corrected chi connectivity index (χ1v) is 6.47. The van der Waals surface area contributed by atoms with E-state index in [0.29, 0.717) is 5.00 Å². The van der Waals surface area contributed by atoms with E-state index in [0.717, 1.165) is 28.0 Å². The zero-order valence-corrected chi connectivity index (χ0v) is 10.6. The lowest BCUT2D eigenvalue weighted by molar-refractivity contribution is 1.38. The van der Waals surface area contributed by atoms with Crippen molar-refractivity contribution >= 4 is 33.0 Å². The zero-order chi connectivity index (χ0) is 13.2. The van der Waals surface area contributed by atoms with Crippen molar-refractivity contribution in [2.45, 2.75) is 0 Å². The number of anilines is 2.